The summed E-state index contributed by atoms with van der Waals surface area (Å²) in [7, 11) is 4.05. The Bertz CT molecular complexity index is 832. The summed E-state index contributed by atoms with van der Waals surface area (Å²) in [4.78, 5) is 23.3. The molecular weight excluding hydrogens is 393 g/mol. The van der Waals surface area contributed by atoms with Crippen molar-refractivity contribution in [1.82, 2.24) is 4.90 Å². The molecule has 0 amide bonds. The second kappa shape index (κ2) is 12.0. The highest BCUT2D eigenvalue weighted by atomic mass is 32.2. The van der Waals surface area contributed by atoms with Crippen molar-refractivity contribution in [2.24, 2.45) is 0 Å². The van der Waals surface area contributed by atoms with Gasteiger partial charge in [0.15, 0.2) is 0 Å². The molecule has 0 saturated carbocycles. The van der Waals surface area contributed by atoms with Crippen LogP contribution < -0.4 is 0 Å². The second-order valence-electron chi connectivity index (χ2n) is 6.83. The zero-order valence-electron chi connectivity index (χ0n) is 16.9. The molecule has 0 unspecified atom stereocenters. The van der Waals surface area contributed by atoms with Crippen LogP contribution in [0.25, 0.3) is 0 Å². The van der Waals surface area contributed by atoms with Gasteiger partial charge < -0.3 is 15.1 Å². The molecule has 5 nitrogen and oxygen atoms in total. The fourth-order valence-corrected chi connectivity index (χ4v) is 3.25. The molecule has 0 aromatic heterocycles. The Hall–Kier alpha value is -2.64. The Kier molecular flexibility index (Phi) is 10.1. The zero-order valence-corrected chi connectivity index (χ0v) is 17.7. The summed E-state index contributed by atoms with van der Waals surface area (Å²) in [6.07, 6.45) is 1.12. The van der Waals surface area contributed by atoms with E-state index in [-0.39, 0.29) is 5.82 Å². The molecule has 2 aromatic rings. The third-order valence-electron chi connectivity index (χ3n) is 3.66. The number of benzene rings is 2. The van der Waals surface area contributed by atoms with Gasteiger partial charge in [0, 0.05) is 28.5 Å². The van der Waals surface area contributed by atoms with E-state index in [1.165, 1.54) is 11.6 Å². The third kappa shape index (κ3) is 9.91. The zero-order chi connectivity index (χ0) is 22.0. The number of hydrogen-bond acceptors (Lipinski definition) is 4. The van der Waals surface area contributed by atoms with Crippen LogP contribution in [0, 0.1) is 5.82 Å². The van der Waals surface area contributed by atoms with Gasteiger partial charge in [-0.2, -0.15) is 0 Å². The highest BCUT2D eigenvalue weighted by Gasteiger charge is 2.08. The predicted octanol–water partition coefficient (Wildman–Crippen LogP) is 4.87. The monoisotopic (exact) mass is 419 g/mol. The highest BCUT2D eigenvalue weighted by molar-refractivity contribution is 7.99. The van der Waals surface area contributed by atoms with Crippen molar-refractivity contribution in [3.8, 4) is 0 Å². The Balaban J connectivity index is 0.000000447. The Morgan fingerprint density at radius 2 is 1.59 bits per heavy atom. The molecule has 156 valence electrons. The average molecular weight is 420 g/mol. The standard InChI is InChI=1S/C18H22FNS.C4H4O4/c1-13(2)14-6-9-17(10-7-14)21-18-11-16(19)8-5-15(18)12-20(3)4;5-3(6)1-2-4(7)8/h5-11,13H,12H2,1-4H3;1-2H,(H,5,6)(H,7,8)/b;2-1-. The molecule has 0 heterocycles. The lowest BCUT2D eigenvalue weighted by atomic mass is 10.0. The Morgan fingerprint density at radius 3 is 2.03 bits per heavy atom. The highest BCUT2D eigenvalue weighted by Crippen LogP contribution is 2.32. The fourth-order valence-electron chi connectivity index (χ4n) is 2.29. The quantitative estimate of drug-likeness (QED) is 0.623. The summed E-state index contributed by atoms with van der Waals surface area (Å²) in [6, 6.07) is 13.6. The summed E-state index contributed by atoms with van der Waals surface area (Å²) < 4.78 is 13.5. The van der Waals surface area contributed by atoms with Crippen molar-refractivity contribution < 1.29 is 24.2 Å². The number of aliphatic carboxylic acids is 2. The van der Waals surface area contributed by atoms with Crippen molar-refractivity contribution >= 4 is 23.7 Å². The molecule has 0 aliphatic heterocycles. The van der Waals surface area contributed by atoms with Crippen LogP contribution in [0.1, 0.15) is 30.9 Å². The number of rotatable bonds is 7. The molecule has 0 bridgehead atoms. The van der Waals surface area contributed by atoms with Gasteiger partial charge in [0.2, 0.25) is 0 Å². The van der Waals surface area contributed by atoms with Crippen molar-refractivity contribution in [2.45, 2.75) is 36.1 Å². The lowest BCUT2D eigenvalue weighted by Gasteiger charge is -2.14. The molecule has 2 rings (SSSR count). The number of carbonyl (C=O) groups is 2. The number of nitrogens with zero attached hydrogens (tertiary/aromatic N) is 1. The first-order chi connectivity index (χ1) is 13.6. The van der Waals surface area contributed by atoms with E-state index in [0.717, 1.165) is 21.9 Å². The molecule has 0 atom stereocenters. The first-order valence-electron chi connectivity index (χ1n) is 8.93. The van der Waals surface area contributed by atoms with E-state index < -0.39 is 11.9 Å². The minimum absolute atomic E-state index is 0.182. The average Bonchev–Trinajstić information content (AvgIpc) is 2.63. The van der Waals surface area contributed by atoms with Crippen LogP contribution in [0.4, 0.5) is 4.39 Å². The molecule has 0 spiro atoms. The first kappa shape index (κ1) is 24.4. The van der Waals surface area contributed by atoms with E-state index in [1.54, 1.807) is 17.8 Å². The molecular formula is C22H26FNO4S. The molecule has 2 N–H and O–H groups in total. The van der Waals surface area contributed by atoms with Gasteiger partial charge in [-0.05, 0) is 55.4 Å². The molecule has 0 aliphatic rings. The summed E-state index contributed by atoms with van der Waals surface area (Å²) in [6.45, 7) is 5.18. The van der Waals surface area contributed by atoms with Crippen LogP contribution in [-0.2, 0) is 16.1 Å². The maximum Gasteiger partial charge on any atom is 0.328 e. The summed E-state index contributed by atoms with van der Waals surface area (Å²) >= 11 is 1.62. The van der Waals surface area contributed by atoms with Gasteiger partial charge in [-0.3, -0.25) is 0 Å². The molecule has 0 radical (unpaired) electrons. The normalized spacial score (nSPS) is 10.9. The van der Waals surface area contributed by atoms with Gasteiger partial charge >= 0.3 is 11.9 Å². The maximum atomic E-state index is 13.5. The Morgan fingerprint density at radius 1 is 1.03 bits per heavy atom. The minimum Gasteiger partial charge on any atom is -0.478 e. The van der Waals surface area contributed by atoms with Gasteiger partial charge in [0.1, 0.15) is 5.82 Å². The lowest BCUT2D eigenvalue weighted by Crippen LogP contribution is -2.11. The predicted molar refractivity (Wildman–Crippen MR) is 113 cm³/mol. The number of carboxylic acid groups (broad SMARTS) is 2. The van der Waals surface area contributed by atoms with Gasteiger partial charge in [-0.15, -0.1) is 0 Å². The van der Waals surface area contributed by atoms with E-state index in [9.17, 15) is 14.0 Å². The minimum atomic E-state index is -1.26. The summed E-state index contributed by atoms with van der Waals surface area (Å²) in [5.74, 6) is -2.17. The third-order valence-corrected chi connectivity index (χ3v) is 4.77. The summed E-state index contributed by atoms with van der Waals surface area (Å²) in [5.41, 5.74) is 2.48. The fraction of sp³-hybridized carbons (Fsp3) is 0.273. The van der Waals surface area contributed by atoms with E-state index in [1.807, 2.05) is 20.2 Å². The molecule has 2 aromatic carbocycles. The SMILES string of the molecule is CC(C)c1ccc(Sc2cc(F)ccc2CN(C)C)cc1.O=C(O)/C=C\C(=O)O. The molecule has 7 heteroatoms. The lowest BCUT2D eigenvalue weighted by molar-refractivity contribution is -0.134. The number of halogens is 1. The van der Waals surface area contributed by atoms with Gasteiger partial charge in [-0.25, -0.2) is 14.0 Å². The van der Waals surface area contributed by atoms with Crippen LogP contribution in [0.5, 0.6) is 0 Å². The van der Waals surface area contributed by atoms with Crippen molar-refractivity contribution in [3.63, 3.8) is 0 Å². The van der Waals surface area contributed by atoms with Crippen LogP contribution >= 0.6 is 11.8 Å². The smallest absolute Gasteiger partial charge is 0.328 e. The van der Waals surface area contributed by atoms with Crippen molar-refractivity contribution in [3.05, 3.63) is 71.6 Å². The maximum absolute atomic E-state index is 13.5. The molecule has 0 fully saturated rings. The van der Waals surface area contributed by atoms with Crippen LogP contribution in [0.15, 0.2) is 64.4 Å². The number of carboxylic acids is 2. The topological polar surface area (TPSA) is 77.8 Å². The Labute approximate surface area is 174 Å². The van der Waals surface area contributed by atoms with Gasteiger partial charge in [0.25, 0.3) is 0 Å². The molecule has 0 saturated heterocycles. The van der Waals surface area contributed by atoms with E-state index in [2.05, 4.69) is 43.0 Å². The molecule has 29 heavy (non-hydrogen) atoms. The van der Waals surface area contributed by atoms with E-state index in [4.69, 9.17) is 10.2 Å². The van der Waals surface area contributed by atoms with Gasteiger partial charge in [0.05, 0.1) is 0 Å². The van der Waals surface area contributed by atoms with Crippen molar-refractivity contribution in [2.75, 3.05) is 14.1 Å². The number of hydrogen-bond donors (Lipinski definition) is 2. The van der Waals surface area contributed by atoms with Crippen LogP contribution in [0.3, 0.4) is 0 Å². The first-order valence-corrected chi connectivity index (χ1v) is 9.75. The largest absolute Gasteiger partial charge is 0.478 e. The van der Waals surface area contributed by atoms with Gasteiger partial charge in [-0.1, -0.05) is 43.8 Å². The second-order valence-corrected chi connectivity index (χ2v) is 7.94. The van der Waals surface area contributed by atoms with Crippen LogP contribution in [-0.4, -0.2) is 41.1 Å². The van der Waals surface area contributed by atoms with E-state index in [0.29, 0.717) is 18.1 Å². The molecule has 0 aliphatic carbocycles. The van der Waals surface area contributed by atoms with E-state index >= 15 is 0 Å². The summed E-state index contributed by atoms with van der Waals surface area (Å²) in [5, 5.41) is 15.6. The van der Waals surface area contributed by atoms with Crippen molar-refractivity contribution in [1.29, 1.82) is 0 Å². The van der Waals surface area contributed by atoms with Crippen LogP contribution in [0.2, 0.25) is 0 Å².